The predicted molar refractivity (Wildman–Crippen MR) is 65.7 cm³/mol. The number of nitrogens with zero attached hydrogens (tertiary/aromatic N) is 3. The molecule has 0 aliphatic heterocycles. The minimum absolute atomic E-state index is 0.225. The van der Waals surface area contributed by atoms with Crippen LogP contribution in [0.4, 0.5) is 0 Å². The summed E-state index contributed by atoms with van der Waals surface area (Å²) in [6, 6.07) is 5.58. The molecule has 0 atom stereocenters. The highest BCUT2D eigenvalue weighted by molar-refractivity contribution is 9.10. The molecule has 0 saturated heterocycles. The molecule has 0 spiro atoms. The van der Waals surface area contributed by atoms with Crippen LogP contribution in [-0.4, -0.2) is 14.4 Å². The maximum atomic E-state index is 11.8. The molecule has 0 aliphatic carbocycles. The van der Waals surface area contributed by atoms with Gasteiger partial charge in [0.05, 0.1) is 29.1 Å². The number of H-pyrrole nitrogens is 1. The van der Waals surface area contributed by atoms with Crippen LogP contribution < -0.4 is 5.56 Å². The molecule has 0 bridgehead atoms. The summed E-state index contributed by atoms with van der Waals surface area (Å²) in [5.41, 5.74) is 1.94. The number of benzene rings is 1. The number of nitriles is 1. The van der Waals surface area contributed by atoms with Gasteiger partial charge in [0.2, 0.25) is 0 Å². The third-order valence-corrected chi connectivity index (χ3v) is 3.01. The van der Waals surface area contributed by atoms with Crippen LogP contribution in [0.3, 0.4) is 0 Å². The van der Waals surface area contributed by atoms with Gasteiger partial charge in [-0.2, -0.15) is 5.26 Å². The fourth-order valence-electron chi connectivity index (χ4n) is 1.87. The summed E-state index contributed by atoms with van der Waals surface area (Å²) in [6.45, 7) is 0. The standard InChI is InChI=1S/C11H5BrN4O/c12-7-1-6(3-13)10-8(2-7)15-11(17)9-4-14-5-16(9)10/h1-2,4-5H,(H,15,17). The Bertz CT molecular complexity index is 840. The van der Waals surface area contributed by atoms with Crippen molar-refractivity contribution in [2.75, 3.05) is 0 Å². The van der Waals surface area contributed by atoms with E-state index in [1.165, 1.54) is 12.5 Å². The van der Waals surface area contributed by atoms with E-state index < -0.39 is 0 Å². The lowest BCUT2D eigenvalue weighted by Crippen LogP contribution is -2.10. The van der Waals surface area contributed by atoms with Crippen LogP contribution in [0, 0.1) is 11.3 Å². The van der Waals surface area contributed by atoms with Gasteiger partial charge in [-0.1, -0.05) is 15.9 Å². The highest BCUT2D eigenvalue weighted by Crippen LogP contribution is 2.22. The van der Waals surface area contributed by atoms with Gasteiger partial charge < -0.3 is 4.98 Å². The Labute approximate surface area is 103 Å². The molecule has 1 aromatic carbocycles. The van der Waals surface area contributed by atoms with Gasteiger partial charge in [0, 0.05) is 4.47 Å². The number of rotatable bonds is 0. The molecule has 3 aromatic rings. The highest BCUT2D eigenvalue weighted by Gasteiger charge is 2.10. The highest BCUT2D eigenvalue weighted by atomic mass is 79.9. The number of nitrogens with one attached hydrogen (secondary N) is 1. The van der Waals surface area contributed by atoms with Crippen LogP contribution in [0.25, 0.3) is 16.6 Å². The van der Waals surface area contributed by atoms with Crippen molar-refractivity contribution in [3.63, 3.8) is 0 Å². The zero-order valence-corrected chi connectivity index (χ0v) is 10.0. The van der Waals surface area contributed by atoms with E-state index in [0.29, 0.717) is 22.1 Å². The summed E-state index contributed by atoms with van der Waals surface area (Å²) in [6.07, 6.45) is 3.00. The van der Waals surface area contributed by atoms with Crippen molar-refractivity contribution in [3.05, 3.63) is 45.0 Å². The molecule has 0 fully saturated rings. The van der Waals surface area contributed by atoms with Crippen LogP contribution in [0.15, 0.2) is 33.9 Å². The minimum Gasteiger partial charge on any atom is -0.319 e. The van der Waals surface area contributed by atoms with E-state index in [4.69, 9.17) is 5.26 Å². The van der Waals surface area contributed by atoms with Crippen molar-refractivity contribution in [2.45, 2.75) is 0 Å². The van der Waals surface area contributed by atoms with E-state index in [9.17, 15) is 4.79 Å². The minimum atomic E-state index is -0.225. The molecule has 0 radical (unpaired) electrons. The Morgan fingerprint density at radius 1 is 1.47 bits per heavy atom. The summed E-state index contributed by atoms with van der Waals surface area (Å²) in [5.74, 6) is 0. The normalized spacial score (nSPS) is 10.8. The molecule has 0 saturated carbocycles. The van der Waals surface area contributed by atoms with E-state index in [1.807, 2.05) is 0 Å². The van der Waals surface area contributed by atoms with Crippen molar-refractivity contribution in [2.24, 2.45) is 0 Å². The van der Waals surface area contributed by atoms with Gasteiger partial charge in [0.1, 0.15) is 11.6 Å². The average Bonchev–Trinajstić information content (AvgIpc) is 2.77. The average molecular weight is 289 g/mol. The molecule has 2 aromatic heterocycles. The molecular weight excluding hydrogens is 284 g/mol. The second-order valence-electron chi connectivity index (χ2n) is 3.56. The first-order valence-electron chi connectivity index (χ1n) is 4.78. The Balaban J connectivity index is 2.70. The lowest BCUT2D eigenvalue weighted by atomic mass is 10.2. The number of hydrogen-bond donors (Lipinski definition) is 1. The van der Waals surface area contributed by atoms with Crippen LogP contribution >= 0.6 is 15.9 Å². The molecule has 82 valence electrons. The number of fused-ring (bicyclic) bond motifs is 3. The molecule has 6 heteroatoms. The second-order valence-corrected chi connectivity index (χ2v) is 4.48. The zero-order chi connectivity index (χ0) is 12.0. The number of imidazole rings is 1. The zero-order valence-electron chi connectivity index (χ0n) is 8.44. The molecule has 3 rings (SSSR count). The summed E-state index contributed by atoms with van der Waals surface area (Å²) in [5, 5.41) is 9.13. The number of halogens is 1. The Morgan fingerprint density at radius 2 is 2.29 bits per heavy atom. The van der Waals surface area contributed by atoms with Gasteiger partial charge in [-0.3, -0.25) is 9.20 Å². The van der Waals surface area contributed by atoms with Crippen LogP contribution in [0.2, 0.25) is 0 Å². The molecule has 0 unspecified atom stereocenters. The van der Waals surface area contributed by atoms with Crippen molar-refractivity contribution in [1.29, 1.82) is 5.26 Å². The van der Waals surface area contributed by atoms with Crippen molar-refractivity contribution < 1.29 is 0 Å². The van der Waals surface area contributed by atoms with Gasteiger partial charge in [-0.05, 0) is 12.1 Å². The lowest BCUT2D eigenvalue weighted by molar-refractivity contribution is 1.16. The quantitative estimate of drug-likeness (QED) is 0.686. The van der Waals surface area contributed by atoms with E-state index in [-0.39, 0.29) is 5.56 Å². The number of aromatic amines is 1. The lowest BCUT2D eigenvalue weighted by Gasteiger charge is -2.04. The maximum absolute atomic E-state index is 11.8. The van der Waals surface area contributed by atoms with Crippen molar-refractivity contribution in [1.82, 2.24) is 14.4 Å². The van der Waals surface area contributed by atoms with Crippen molar-refractivity contribution in [3.8, 4) is 6.07 Å². The Morgan fingerprint density at radius 3 is 3.06 bits per heavy atom. The first kappa shape index (κ1) is 10.1. The summed E-state index contributed by atoms with van der Waals surface area (Å²) in [4.78, 5) is 18.4. The smallest absolute Gasteiger partial charge is 0.274 e. The second kappa shape index (κ2) is 3.43. The first-order chi connectivity index (χ1) is 8.20. The molecule has 5 nitrogen and oxygen atoms in total. The number of aromatic nitrogens is 3. The molecule has 17 heavy (non-hydrogen) atoms. The Kier molecular flexibility index (Phi) is 2.03. The van der Waals surface area contributed by atoms with Crippen LogP contribution in [-0.2, 0) is 0 Å². The Hall–Kier alpha value is -2.13. The summed E-state index contributed by atoms with van der Waals surface area (Å²) < 4.78 is 2.37. The molecule has 2 heterocycles. The first-order valence-corrected chi connectivity index (χ1v) is 5.57. The summed E-state index contributed by atoms with van der Waals surface area (Å²) >= 11 is 3.31. The van der Waals surface area contributed by atoms with Gasteiger partial charge in [-0.25, -0.2) is 4.98 Å². The van der Waals surface area contributed by atoms with Crippen LogP contribution in [0.1, 0.15) is 5.56 Å². The van der Waals surface area contributed by atoms with Gasteiger partial charge >= 0.3 is 0 Å². The fourth-order valence-corrected chi connectivity index (χ4v) is 2.32. The molecular formula is C11H5BrN4O. The van der Waals surface area contributed by atoms with E-state index in [2.05, 4.69) is 32.0 Å². The molecule has 0 amide bonds. The van der Waals surface area contributed by atoms with Gasteiger partial charge in [0.15, 0.2) is 0 Å². The van der Waals surface area contributed by atoms with Gasteiger partial charge in [0.25, 0.3) is 5.56 Å². The van der Waals surface area contributed by atoms with Crippen LogP contribution in [0.5, 0.6) is 0 Å². The molecule has 0 aliphatic rings. The molecule has 1 N–H and O–H groups in total. The SMILES string of the molecule is N#Cc1cc(Br)cc2[nH]c(=O)c3cncn3c12. The largest absolute Gasteiger partial charge is 0.319 e. The van der Waals surface area contributed by atoms with Crippen molar-refractivity contribution >= 4 is 32.5 Å². The monoisotopic (exact) mass is 288 g/mol. The third kappa shape index (κ3) is 1.36. The van der Waals surface area contributed by atoms with E-state index in [1.54, 1.807) is 16.5 Å². The number of hydrogen-bond acceptors (Lipinski definition) is 3. The van der Waals surface area contributed by atoms with E-state index in [0.717, 1.165) is 4.47 Å². The maximum Gasteiger partial charge on any atom is 0.274 e. The summed E-state index contributed by atoms with van der Waals surface area (Å²) in [7, 11) is 0. The van der Waals surface area contributed by atoms with E-state index >= 15 is 0 Å². The topological polar surface area (TPSA) is 73.9 Å². The van der Waals surface area contributed by atoms with Gasteiger partial charge in [-0.15, -0.1) is 0 Å². The fraction of sp³-hybridized carbons (Fsp3) is 0. The predicted octanol–water partition coefficient (Wildman–Crippen LogP) is 1.81. The third-order valence-electron chi connectivity index (χ3n) is 2.56.